The van der Waals surface area contributed by atoms with Crippen molar-refractivity contribution < 1.29 is 4.79 Å². The minimum Gasteiger partial charge on any atom is -0.340 e. The van der Waals surface area contributed by atoms with Gasteiger partial charge in [-0.3, -0.25) is 4.79 Å². The molecular formula is C17H22N2OS. The Morgan fingerprint density at radius 2 is 1.95 bits per heavy atom. The van der Waals surface area contributed by atoms with Gasteiger partial charge in [-0.25, -0.2) is 0 Å². The van der Waals surface area contributed by atoms with Crippen LogP contribution in [-0.2, 0) is 11.3 Å². The van der Waals surface area contributed by atoms with Crippen LogP contribution in [-0.4, -0.2) is 17.9 Å². The molecule has 2 rings (SSSR count). The summed E-state index contributed by atoms with van der Waals surface area (Å²) in [7, 11) is 1.84. The lowest BCUT2D eigenvalue weighted by molar-refractivity contribution is -0.134. The summed E-state index contributed by atoms with van der Waals surface area (Å²) in [6.45, 7) is 4.62. The minimum atomic E-state index is -0.273. The summed E-state index contributed by atoms with van der Waals surface area (Å²) >= 11 is 1.69. The molecule has 1 heterocycles. The first-order valence-electron chi connectivity index (χ1n) is 7.09. The highest BCUT2D eigenvalue weighted by molar-refractivity contribution is 7.10. The van der Waals surface area contributed by atoms with E-state index < -0.39 is 0 Å². The first-order chi connectivity index (χ1) is 10.0. The monoisotopic (exact) mass is 302 g/mol. The van der Waals surface area contributed by atoms with E-state index in [-0.39, 0.29) is 17.9 Å². The zero-order valence-electron chi connectivity index (χ0n) is 12.7. The number of nitrogens with zero attached hydrogens (tertiary/aromatic N) is 1. The summed E-state index contributed by atoms with van der Waals surface area (Å²) in [6.07, 6.45) is 0. The molecule has 2 aromatic rings. The Hall–Kier alpha value is -1.65. The number of nitrogens with two attached hydrogens (primary N) is 1. The van der Waals surface area contributed by atoms with E-state index in [0.717, 1.165) is 5.56 Å². The number of carbonyl (C=O) groups is 1. The number of hydrogen-bond donors (Lipinski definition) is 1. The van der Waals surface area contributed by atoms with Gasteiger partial charge in [0.2, 0.25) is 5.91 Å². The second-order valence-corrected chi connectivity index (χ2v) is 6.45. The molecule has 0 radical (unpaired) electrons. The molecule has 1 amide bonds. The Morgan fingerprint density at radius 1 is 1.29 bits per heavy atom. The van der Waals surface area contributed by atoms with Gasteiger partial charge in [0.25, 0.3) is 0 Å². The number of carbonyl (C=O) groups excluding carboxylic acids is 1. The molecule has 1 aromatic heterocycles. The number of rotatable bonds is 5. The summed E-state index contributed by atoms with van der Waals surface area (Å²) in [4.78, 5) is 15.5. The highest BCUT2D eigenvalue weighted by Gasteiger charge is 2.25. The maximum Gasteiger partial charge on any atom is 0.227 e. The van der Waals surface area contributed by atoms with Crippen LogP contribution in [0.4, 0.5) is 0 Å². The Balaban J connectivity index is 2.03. The molecule has 0 aliphatic rings. The summed E-state index contributed by atoms with van der Waals surface area (Å²) in [5.74, 6) is -0.156. The normalized spacial score (nSPS) is 13.7. The highest BCUT2D eigenvalue weighted by Crippen LogP contribution is 2.23. The maximum atomic E-state index is 12.5. The van der Waals surface area contributed by atoms with Crippen LogP contribution in [0.5, 0.6) is 0 Å². The molecule has 3 nitrogen and oxygen atoms in total. The number of thiophene rings is 1. The smallest absolute Gasteiger partial charge is 0.227 e. The van der Waals surface area contributed by atoms with Crippen LogP contribution in [0.1, 0.15) is 29.0 Å². The molecule has 21 heavy (non-hydrogen) atoms. The lowest BCUT2D eigenvalue weighted by Gasteiger charge is -2.25. The summed E-state index contributed by atoms with van der Waals surface area (Å²) in [5, 5.41) is 2.06. The zero-order valence-corrected chi connectivity index (χ0v) is 13.6. The summed E-state index contributed by atoms with van der Waals surface area (Å²) < 4.78 is 0. The second-order valence-electron chi connectivity index (χ2n) is 5.45. The Bertz CT molecular complexity index is 594. The largest absolute Gasteiger partial charge is 0.340 e. The average Bonchev–Trinajstić information content (AvgIpc) is 2.91. The summed E-state index contributed by atoms with van der Waals surface area (Å²) in [5.41, 5.74) is 8.47. The maximum absolute atomic E-state index is 12.5. The lowest BCUT2D eigenvalue weighted by Crippen LogP contribution is -2.36. The van der Waals surface area contributed by atoms with E-state index in [1.807, 2.05) is 44.3 Å². The molecule has 0 saturated carbocycles. The van der Waals surface area contributed by atoms with Crippen molar-refractivity contribution in [1.29, 1.82) is 0 Å². The van der Waals surface area contributed by atoms with Crippen LogP contribution in [0.3, 0.4) is 0 Å². The van der Waals surface area contributed by atoms with Crippen LogP contribution in [0.15, 0.2) is 41.8 Å². The van der Waals surface area contributed by atoms with Gasteiger partial charge >= 0.3 is 0 Å². The molecule has 0 spiro atoms. The van der Waals surface area contributed by atoms with Crippen molar-refractivity contribution in [1.82, 2.24) is 4.90 Å². The van der Waals surface area contributed by atoms with Crippen LogP contribution in [0.2, 0.25) is 0 Å². The zero-order chi connectivity index (χ0) is 15.4. The standard InChI is InChI=1S/C17H22N2OS/c1-12-9-10-21-15(12)11-19(3)17(20)13(2)16(18)14-7-5-4-6-8-14/h4-10,13,16H,11,18H2,1-3H3/t13-,16-/m0/s1. The Morgan fingerprint density at radius 3 is 2.52 bits per heavy atom. The van der Waals surface area contributed by atoms with Crippen LogP contribution in [0.25, 0.3) is 0 Å². The SMILES string of the molecule is Cc1ccsc1CN(C)C(=O)[C@@H](C)[C@H](N)c1ccccc1. The number of benzene rings is 1. The fourth-order valence-electron chi connectivity index (χ4n) is 2.32. The van der Waals surface area contributed by atoms with Crippen molar-refractivity contribution in [2.45, 2.75) is 26.4 Å². The van der Waals surface area contributed by atoms with Crippen molar-refractivity contribution in [3.63, 3.8) is 0 Å². The van der Waals surface area contributed by atoms with Crippen molar-refractivity contribution in [2.24, 2.45) is 11.7 Å². The highest BCUT2D eigenvalue weighted by atomic mass is 32.1. The molecule has 0 aliphatic carbocycles. The van der Waals surface area contributed by atoms with Crippen molar-refractivity contribution >= 4 is 17.2 Å². The predicted molar refractivity (Wildman–Crippen MR) is 88.1 cm³/mol. The molecular weight excluding hydrogens is 280 g/mol. The Kier molecular flexibility index (Phi) is 5.15. The van der Waals surface area contributed by atoms with Gasteiger partial charge in [0, 0.05) is 18.0 Å². The molecule has 112 valence electrons. The minimum absolute atomic E-state index is 0.0825. The van der Waals surface area contributed by atoms with E-state index in [2.05, 4.69) is 18.4 Å². The van der Waals surface area contributed by atoms with E-state index in [4.69, 9.17) is 5.73 Å². The number of aryl methyl sites for hydroxylation is 1. The topological polar surface area (TPSA) is 46.3 Å². The van der Waals surface area contributed by atoms with E-state index in [9.17, 15) is 4.79 Å². The van der Waals surface area contributed by atoms with Crippen molar-refractivity contribution in [3.05, 3.63) is 57.8 Å². The predicted octanol–water partition coefficient (Wildman–Crippen LogP) is 3.35. The molecule has 0 bridgehead atoms. The molecule has 0 aliphatic heterocycles. The van der Waals surface area contributed by atoms with Crippen LogP contribution in [0, 0.1) is 12.8 Å². The van der Waals surface area contributed by atoms with Gasteiger partial charge in [-0.2, -0.15) is 0 Å². The first kappa shape index (κ1) is 15.7. The van der Waals surface area contributed by atoms with Gasteiger partial charge in [0.05, 0.1) is 12.5 Å². The van der Waals surface area contributed by atoms with Crippen LogP contribution >= 0.6 is 11.3 Å². The van der Waals surface area contributed by atoms with Crippen LogP contribution < -0.4 is 5.73 Å². The van der Waals surface area contributed by atoms with Gasteiger partial charge in [0.1, 0.15) is 0 Å². The van der Waals surface area contributed by atoms with Crippen molar-refractivity contribution in [3.8, 4) is 0 Å². The Labute approximate surface area is 130 Å². The van der Waals surface area contributed by atoms with E-state index in [0.29, 0.717) is 6.54 Å². The fourth-order valence-corrected chi connectivity index (χ4v) is 3.28. The quantitative estimate of drug-likeness (QED) is 0.920. The van der Waals surface area contributed by atoms with Crippen molar-refractivity contribution in [2.75, 3.05) is 7.05 Å². The molecule has 1 aromatic carbocycles. The molecule has 0 unspecified atom stereocenters. The molecule has 2 atom stereocenters. The van der Waals surface area contributed by atoms with Gasteiger partial charge < -0.3 is 10.6 Å². The third-order valence-electron chi connectivity index (χ3n) is 3.84. The van der Waals surface area contributed by atoms with Gasteiger partial charge in [0.15, 0.2) is 0 Å². The van der Waals surface area contributed by atoms with E-state index in [1.54, 1.807) is 16.2 Å². The number of amides is 1. The molecule has 4 heteroatoms. The first-order valence-corrected chi connectivity index (χ1v) is 7.97. The second kappa shape index (κ2) is 6.87. The van der Waals surface area contributed by atoms with E-state index in [1.165, 1.54) is 10.4 Å². The lowest BCUT2D eigenvalue weighted by atomic mass is 9.94. The van der Waals surface area contributed by atoms with Gasteiger partial charge in [-0.15, -0.1) is 11.3 Å². The van der Waals surface area contributed by atoms with Gasteiger partial charge in [-0.05, 0) is 29.5 Å². The third-order valence-corrected chi connectivity index (χ3v) is 4.85. The molecule has 0 fully saturated rings. The molecule has 2 N–H and O–H groups in total. The van der Waals surface area contributed by atoms with E-state index >= 15 is 0 Å². The van der Waals surface area contributed by atoms with Gasteiger partial charge in [-0.1, -0.05) is 37.3 Å². The number of hydrogen-bond acceptors (Lipinski definition) is 3. The third kappa shape index (κ3) is 3.71. The molecule has 0 saturated heterocycles. The summed E-state index contributed by atoms with van der Waals surface area (Å²) in [6, 6.07) is 11.6. The fraction of sp³-hybridized carbons (Fsp3) is 0.353. The average molecular weight is 302 g/mol.